The summed E-state index contributed by atoms with van der Waals surface area (Å²) >= 11 is 8.51. The number of halogens is 1. The molecular formula is C19H13IN2O3S2. The van der Waals surface area contributed by atoms with Crippen LogP contribution in [0.5, 0.6) is 5.75 Å². The Labute approximate surface area is 179 Å². The van der Waals surface area contributed by atoms with Gasteiger partial charge in [-0.15, -0.1) is 0 Å². The lowest BCUT2D eigenvalue weighted by Gasteiger charge is -2.30. The van der Waals surface area contributed by atoms with E-state index < -0.39 is 0 Å². The summed E-state index contributed by atoms with van der Waals surface area (Å²) in [6.45, 7) is 0.481. The largest absolute Gasteiger partial charge is 0.482 e. The Kier molecular flexibility index (Phi) is 5.20. The van der Waals surface area contributed by atoms with Gasteiger partial charge in [0.25, 0.3) is 11.8 Å². The molecular weight excluding hydrogens is 495 g/mol. The maximum absolute atomic E-state index is 12.5. The first-order valence-electron chi connectivity index (χ1n) is 8.06. The van der Waals surface area contributed by atoms with Crippen LogP contribution >= 0.6 is 46.6 Å². The van der Waals surface area contributed by atoms with Gasteiger partial charge in [0.15, 0.2) is 6.61 Å². The molecule has 5 nitrogen and oxygen atoms in total. The van der Waals surface area contributed by atoms with Crippen molar-refractivity contribution in [3.8, 4) is 5.75 Å². The fourth-order valence-corrected chi connectivity index (χ4v) is 4.52. The Morgan fingerprint density at radius 1 is 1.26 bits per heavy atom. The molecule has 0 aromatic heterocycles. The molecule has 2 aliphatic heterocycles. The van der Waals surface area contributed by atoms with Crippen molar-refractivity contribution in [2.24, 2.45) is 0 Å². The highest BCUT2D eigenvalue weighted by Crippen LogP contribution is 2.35. The molecule has 0 radical (unpaired) electrons. The van der Waals surface area contributed by atoms with Gasteiger partial charge in [0, 0.05) is 3.57 Å². The third kappa shape index (κ3) is 4.02. The number of thioether (sulfide) groups is 1. The van der Waals surface area contributed by atoms with E-state index in [1.165, 1.54) is 11.8 Å². The third-order valence-electron chi connectivity index (χ3n) is 4.10. The standard InChI is InChI=1S/C19H13IN2O3S2/c20-13-3-1-2-12(6-13)9-22-14-7-11(4-5-15(14)25-10-17(22)23)8-16-18(24)21-19(26)27-16/h1-8H,9-10H2,(H,21,24,26)/b16-8+. The topological polar surface area (TPSA) is 58.6 Å². The highest BCUT2D eigenvalue weighted by atomic mass is 127. The SMILES string of the molecule is O=C1NC(=S)S/C1=C/c1ccc2c(c1)N(Cc1cccc(I)c1)C(=O)CO2. The molecule has 2 heterocycles. The van der Waals surface area contributed by atoms with Crippen molar-refractivity contribution in [1.29, 1.82) is 0 Å². The van der Waals surface area contributed by atoms with E-state index in [0.717, 1.165) is 14.7 Å². The van der Waals surface area contributed by atoms with Gasteiger partial charge in [-0.1, -0.05) is 42.2 Å². The summed E-state index contributed by atoms with van der Waals surface area (Å²) in [5.74, 6) is 0.354. The predicted octanol–water partition coefficient (Wildman–Crippen LogP) is 3.71. The van der Waals surface area contributed by atoms with Crippen LogP contribution in [-0.2, 0) is 16.1 Å². The van der Waals surface area contributed by atoms with Gasteiger partial charge in [-0.3, -0.25) is 9.59 Å². The maximum Gasteiger partial charge on any atom is 0.265 e. The quantitative estimate of drug-likeness (QED) is 0.390. The van der Waals surface area contributed by atoms with Crippen LogP contribution in [0.15, 0.2) is 47.4 Å². The molecule has 8 heteroatoms. The van der Waals surface area contributed by atoms with Gasteiger partial charge >= 0.3 is 0 Å². The van der Waals surface area contributed by atoms with Crippen molar-refractivity contribution < 1.29 is 14.3 Å². The summed E-state index contributed by atoms with van der Waals surface area (Å²) in [6, 6.07) is 13.6. The molecule has 1 fully saturated rings. The van der Waals surface area contributed by atoms with E-state index in [9.17, 15) is 9.59 Å². The molecule has 2 aromatic rings. The smallest absolute Gasteiger partial charge is 0.265 e. The number of anilines is 1. The third-order valence-corrected chi connectivity index (χ3v) is 5.93. The predicted molar refractivity (Wildman–Crippen MR) is 119 cm³/mol. The highest BCUT2D eigenvalue weighted by molar-refractivity contribution is 14.1. The molecule has 2 amide bonds. The maximum atomic E-state index is 12.5. The molecule has 27 heavy (non-hydrogen) atoms. The molecule has 0 unspecified atom stereocenters. The molecule has 136 valence electrons. The second kappa shape index (κ2) is 7.61. The number of carbonyl (C=O) groups excluding carboxylic acids is 2. The second-order valence-electron chi connectivity index (χ2n) is 5.98. The number of hydrogen-bond donors (Lipinski definition) is 1. The fraction of sp³-hybridized carbons (Fsp3) is 0.105. The summed E-state index contributed by atoms with van der Waals surface area (Å²) in [4.78, 5) is 26.6. The van der Waals surface area contributed by atoms with Crippen LogP contribution in [-0.4, -0.2) is 22.7 Å². The van der Waals surface area contributed by atoms with Gasteiger partial charge in [-0.2, -0.15) is 0 Å². The normalized spacial score (nSPS) is 17.7. The van der Waals surface area contributed by atoms with E-state index in [1.54, 1.807) is 11.0 Å². The van der Waals surface area contributed by atoms with Crippen LogP contribution < -0.4 is 15.0 Å². The van der Waals surface area contributed by atoms with Crippen molar-refractivity contribution in [2.75, 3.05) is 11.5 Å². The summed E-state index contributed by atoms with van der Waals surface area (Å²) in [7, 11) is 0. The van der Waals surface area contributed by atoms with E-state index >= 15 is 0 Å². The first kappa shape index (κ1) is 18.5. The number of thiocarbonyl (C=S) groups is 1. The number of fused-ring (bicyclic) bond motifs is 1. The fourth-order valence-electron chi connectivity index (χ4n) is 2.87. The summed E-state index contributed by atoms with van der Waals surface area (Å²) in [5.41, 5.74) is 2.55. The van der Waals surface area contributed by atoms with Crippen LogP contribution in [0.3, 0.4) is 0 Å². The average Bonchev–Trinajstić information content (AvgIpc) is 2.95. The van der Waals surface area contributed by atoms with Gasteiger partial charge in [0.05, 0.1) is 17.1 Å². The molecule has 1 N–H and O–H groups in total. The minimum Gasteiger partial charge on any atom is -0.482 e. The summed E-state index contributed by atoms with van der Waals surface area (Å²) < 4.78 is 7.13. The molecule has 2 aromatic carbocycles. The van der Waals surface area contributed by atoms with E-state index in [4.69, 9.17) is 17.0 Å². The van der Waals surface area contributed by atoms with Gasteiger partial charge in [0.2, 0.25) is 0 Å². The number of amides is 2. The molecule has 0 saturated carbocycles. The highest BCUT2D eigenvalue weighted by Gasteiger charge is 2.27. The molecule has 1 saturated heterocycles. The zero-order valence-electron chi connectivity index (χ0n) is 13.9. The number of hydrogen-bond acceptors (Lipinski definition) is 5. The summed E-state index contributed by atoms with van der Waals surface area (Å²) in [6.07, 6.45) is 1.77. The van der Waals surface area contributed by atoms with Crippen molar-refractivity contribution in [3.05, 3.63) is 62.1 Å². The van der Waals surface area contributed by atoms with Gasteiger partial charge in [-0.05, 0) is 64.1 Å². The average molecular weight is 508 g/mol. The van der Waals surface area contributed by atoms with Crippen molar-refractivity contribution in [1.82, 2.24) is 5.32 Å². The zero-order chi connectivity index (χ0) is 19.0. The number of benzene rings is 2. The van der Waals surface area contributed by atoms with Crippen molar-refractivity contribution >= 4 is 74.5 Å². The molecule has 0 atom stereocenters. The van der Waals surface area contributed by atoms with Crippen LogP contribution in [0.2, 0.25) is 0 Å². The van der Waals surface area contributed by atoms with Gasteiger partial charge < -0.3 is 15.0 Å². The van der Waals surface area contributed by atoms with E-state index in [1.807, 2.05) is 36.4 Å². The monoisotopic (exact) mass is 508 g/mol. The first-order valence-corrected chi connectivity index (χ1v) is 10.4. The van der Waals surface area contributed by atoms with E-state index in [-0.39, 0.29) is 18.4 Å². The Morgan fingerprint density at radius 2 is 2.11 bits per heavy atom. The Morgan fingerprint density at radius 3 is 2.85 bits per heavy atom. The number of nitrogens with one attached hydrogen (secondary N) is 1. The van der Waals surface area contributed by atoms with Crippen molar-refractivity contribution in [3.63, 3.8) is 0 Å². The minimum absolute atomic E-state index is 0.0177. The molecule has 2 aliphatic rings. The van der Waals surface area contributed by atoms with E-state index in [2.05, 4.69) is 34.0 Å². The number of ether oxygens (including phenoxy) is 1. The number of carbonyl (C=O) groups is 2. The first-order chi connectivity index (χ1) is 13.0. The lowest BCUT2D eigenvalue weighted by atomic mass is 10.1. The second-order valence-corrected chi connectivity index (χ2v) is 8.94. The minimum atomic E-state index is -0.203. The lowest BCUT2D eigenvalue weighted by Crippen LogP contribution is -2.38. The molecule has 4 rings (SSSR count). The number of rotatable bonds is 3. The summed E-state index contributed by atoms with van der Waals surface area (Å²) in [5, 5.41) is 2.60. The van der Waals surface area contributed by atoms with Crippen LogP contribution in [0.4, 0.5) is 5.69 Å². The van der Waals surface area contributed by atoms with Crippen LogP contribution in [0.1, 0.15) is 11.1 Å². The molecule has 0 spiro atoms. The Hall–Kier alpha value is -1.91. The lowest BCUT2D eigenvalue weighted by molar-refractivity contribution is -0.121. The van der Waals surface area contributed by atoms with Gasteiger partial charge in [-0.25, -0.2) is 0 Å². The zero-order valence-corrected chi connectivity index (χ0v) is 17.7. The molecule has 0 bridgehead atoms. The van der Waals surface area contributed by atoms with Crippen LogP contribution in [0.25, 0.3) is 6.08 Å². The Bertz CT molecular complexity index is 1010. The van der Waals surface area contributed by atoms with Crippen molar-refractivity contribution in [2.45, 2.75) is 6.54 Å². The van der Waals surface area contributed by atoms with Gasteiger partial charge in [0.1, 0.15) is 10.1 Å². The number of nitrogens with zero attached hydrogens (tertiary/aromatic N) is 1. The Balaban J connectivity index is 1.68. The van der Waals surface area contributed by atoms with Crippen LogP contribution in [0, 0.1) is 3.57 Å². The molecule has 0 aliphatic carbocycles. The van der Waals surface area contributed by atoms with E-state index in [0.29, 0.717) is 27.2 Å².